The largest absolute Gasteiger partial charge is 0.0916 e. The molecule has 9 heavy (non-hydrogen) atoms. The highest BCUT2D eigenvalue weighted by Gasteiger charge is 1.76. The van der Waals surface area contributed by atoms with Gasteiger partial charge in [0, 0.05) is 29.0 Å². The summed E-state index contributed by atoms with van der Waals surface area (Å²) in [6.45, 7) is 4.22. The standard InChI is InChI=1S/C8H11I/c1-8(2)6-4-3-5-7-9/h6H,3-4H2,1-2H3. The van der Waals surface area contributed by atoms with Crippen LogP contribution in [-0.4, -0.2) is 0 Å². The van der Waals surface area contributed by atoms with E-state index in [-0.39, 0.29) is 0 Å². The van der Waals surface area contributed by atoms with Crippen molar-refractivity contribution in [2.75, 3.05) is 0 Å². The van der Waals surface area contributed by atoms with Gasteiger partial charge in [0.1, 0.15) is 0 Å². The van der Waals surface area contributed by atoms with E-state index in [1.54, 1.807) is 0 Å². The molecule has 0 fully saturated rings. The fourth-order valence-electron chi connectivity index (χ4n) is 0.480. The number of hydrogen-bond acceptors (Lipinski definition) is 0. The summed E-state index contributed by atoms with van der Waals surface area (Å²) >= 11 is 2.06. The smallest absolute Gasteiger partial charge is 0.0181 e. The molecule has 0 unspecified atom stereocenters. The first-order valence-electron chi connectivity index (χ1n) is 2.99. The van der Waals surface area contributed by atoms with Gasteiger partial charge >= 0.3 is 0 Å². The van der Waals surface area contributed by atoms with E-state index in [4.69, 9.17) is 0 Å². The van der Waals surface area contributed by atoms with Crippen molar-refractivity contribution in [1.82, 2.24) is 0 Å². The first-order chi connectivity index (χ1) is 4.27. The summed E-state index contributed by atoms with van der Waals surface area (Å²) in [5.74, 6) is 3.00. The van der Waals surface area contributed by atoms with Crippen molar-refractivity contribution in [3.05, 3.63) is 11.6 Å². The van der Waals surface area contributed by atoms with Crippen LogP contribution in [0.4, 0.5) is 0 Å². The van der Waals surface area contributed by atoms with Crippen molar-refractivity contribution in [3.63, 3.8) is 0 Å². The second-order valence-corrected chi connectivity index (χ2v) is 2.63. The summed E-state index contributed by atoms with van der Waals surface area (Å²) in [7, 11) is 0. The van der Waals surface area contributed by atoms with Crippen LogP contribution < -0.4 is 0 Å². The van der Waals surface area contributed by atoms with Crippen molar-refractivity contribution in [2.45, 2.75) is 26.7 Å². The van der Waals surface area contributed by atoms with Crippen LogP contribution >= 0.6 is 22.6 Å². The molecule has 0 spiro atoms. The Hall–Kier alpha value is 0.0300. The van der Waals surface area contributed by atoms with Gasteiger partial charge in [-0.15, -0.1) is 0 Å². The summed E-state index contributed by atoms with van der Waals surface area (Å²) in [5, 5.41) is 0. The molecule has 0 nitrogen and oxygen atoms in total. The third kappa shape index (κ3) is 8.03. The molecule has 0 aliphatic heterocycles. The zero-order valence-electron chi connectivity index (χ0n) is 5.87. The molecule has 0 rings (SSSR count). The van der Waals surface area contributed by atoms with Gasteiger partial charge in [0.25, 0.3) is 0 Å². The van der Waals surface area contributed by atoms with E-state index in [0.29, 0.717) is 0 Å². The molecule has 0 aliphatic rings. The number of unbranched alkanes of at least 4 members (excludes halogenated alkanes) is 1. The Morgan fingerprint density at radius 3 is 2.67 bits per heavy atom. The SMILES string of the molecule is CC(C)=CCCC#CI. The van der Waals surface area contributed by atoms with Gasteiger partial charge in [-0.3, -0.25) is 0 Å². The van der Waals surface area contributed by atoms with E-state index in [1.807, 2.05) is 0 Å². The van der Waals surface area contributed by atoms with E-state index in [9.17, 15) is 0 Å². The Kier molecular flexibility index (Phi) is 6.18. The molecule has 0 N–H and O–H groups in total. The summed E-state index contributed by atoms with van der Waals surface area (Å²) in [4.78, 5) is 0. The molecule has 0 radical (unpaired) electrons. The molecule has 0 aromatic heterocycles. The van der Waals surface area contributed by atoms with Crippen molar-refractivity contribution >= 4 is 22.6 Å². The van der Waals surface area contributed by atoms with Gasteiger partial charge in [-0.1, -0.05) is 17.6 Å². The van der Waals surface area contributed by atoms with Crippen LogP contribution in [0.25, 0.3) is 0 Å². The van der Waals surface area contributed by atoms with E-state index >= 15 is 0 Å². The number of halogens is 1. The second kappa shape index (κ2) is 6.15. The molecule has 0 saturated heterocycles. The molecule has 0 bridgehead atoms. The third-order valence-electron chi connectivity index (χ3n) is 0.889. The van der Waals surface area contributed by atoms with Gasteiger partial charge < -0.3 is 0 Å². The van der Waals surface area contributed by atoms with Gasteiger partial charge in [0.15, 0.2) is 0 Å². The van der Waals surface area contributed by atoms with Gasteiger partial charge in [-0.25, -0.2) is 0 Å². The molecule has 0 aliphatic carbocycles. The first kappa shape index (κ1) is 9.03. The normalized spacial score (nSPS) is 7.44. The number of allylic oxidation sites excluding steroid dienone is 2. The summed E-state index contributed by atoms with van der Waals surface area (Å²) in [5.41, 5.74) is 1.38. The maximum atomic E-state index is 3.00. The molecule has 0 aromatic rings. The molecule has 0 saturated carbocycles. The van der Waals surface area contributed by atoms with Crippen molar-refractivity contribution in [3.8, 4) is 9.85 Å². The maximum absolute atomic E-state index is 3.00. The average Bonchev–Trinajstić information content (AvgIpc) is 1.80. The molecular weight excluding hydrogens is 223 g/mol. The zero-order valence-corrected chi connectivity index (χ0v) is 8.03. The van der Waals surface area contributed by atoms with Gasteiger partial charge in [-0.05, 0) is 24.2 Å². The minimum Gasteiger partial charge on any atom is -0.0916 e. The van der Waals surface area contributed by atoms with Gasteiger partial charge in [0.05, 0.1) is 0 Å². The highest BCUT2D eigenvalue weighted by molar-refractivity contribution is 14.1. The van der Waals surface area contributed by atoms with Crippen molar-refractivity contribution < 1.29 is 0 Å². The topological polar surface area (TPSA) is 0 Å². The van der Waals surface area contributed by atoms with Gasteiger partial charge in [0.2, 0.25) is 0 Å². The van der Waals surface area contributed by atoms with Crippen LogP contribution in [0.5, 0.6) is 0 Å². The lowest BCUT2D eigenvalue weighted by atomic mass is 10.2. The Bertz CT molecular complexity index is 142. The van der Waals surface area contributed by atoms with E-state index in [0.717, 1.165) is 12.8 Å². The lowest BCUT2D eigenvalue weighted by molar-refractivity contribution is 1.06. The van der Waals surface area contributed by atoms with E-state index < -0.39 is 0 Å². The maximum Gasteiger partial charge on any atom is 0.0181 e. The van der Waals surface area contributed by atoms with Crippen LogP contribution in [-0.2, 0) is 0 Å². The minimum atomic E-state index is 0.994. The van der Waals surface area contributed by atoms with E-state index in [2.05, 4.69) is 52.4 Å². The highest BCUT2D eigenvalue weighted by atomic mass is 127. The minimum absolute atomic E-state index is 0.994. The molecule has 1 heteroatoms. The Morgan fingerprint density at radius 2 is 2.22 bits per heavy atom. The van der Waals surface area contributed by atoms with E-state index in [1.165, 1.54) is 5.57 Å². The second-order valence-electron chi connectivity index (χ2n) is 2.09. The van der Waals surface area contributed by atoms with Crippen LogP contribution in [0.2, 0.25) is 0 Å². The third-order valence-corrected chi connectivity index (χ3v) is 1.27. The fraction of sp³-hybridized carbons (Fsp3) is 0.500. The number of rotatable bonds is 2. The number of hydrogen-bond donors (Lipinski definition) is 0. The van der Waals surface area contributed by atoms with Crippen LogP contribution in [0, 0.1) is 9.85 Å². The lowest BCUT2D eigenvalue weighted by Gasteiger charge is -1.85. The average molecular weight is 234 g/mol. The lowest BCUT2D eigenvalue weighted by Crippen LogP contribution is -1.66. The quantitative estimate of drug-likeness (QED) is 0.298. The van der Waals surface area contributed by atoms with Crippen LogP contribution in [0.3, 0.4) is 0 Å². The summed E-state index contributed by atoms with van der Waals surface area (Å²) in [6, 6.07) is 0. The first-order valence-corrected chi connectivity index (χ1v) is 4.07. The Morgan fingerprint density at radius 1 is 1.56 bits per heavy atom. The monoisotopic (exact) mass is 234 g/mol. The van der Waals surface area contributed by atoms with Gasteiger partial charge in [-0.2, -0.15) is 0 Å². The highest BCUT2D eigenvalue weighted by Crippen LogP contribution is 1.95. The summed E-state index contributed by atoms with van der Waals surface area (Å²) < 4.78 is 2.83. The fourth-order valence-corrected chi connectivity index (χ4v) is 0.750. The predicted molar refractivity (Wildman–Crippen MR) is 50.5 cm³/mol. The molecule has 0 atom stereocenters. The summed E-state index contributed by atoms with van der Waals surface area (Å²) in [6.07, 6.45) is 4.30. The van der Waals surface area contributed by atoms with Crippen LogP contribution in [0.1, 0.15) is 26.7 Å². The molecule has 0 amide bonds. The Balaban J connectivity index is 3.27. The molecular formula is C8H11I. The Labute approximate surface area is 70.9 Å². The van der Waals surface area contributed by atoms with Crippen molar-refractivity contribution in [1.29, 1.82) is 0 Å². The van der Waals surface area contributed by atoms with Crippen molar-refractivity contribution in [2.24, 2.45) is 0 Å². The molecule has 0 heterocycles. The van der Waals surface area contributed by atoms with Crippen LogP contribution in [0.15, 0.2) is 11.6 Å². The predicted octanol–water partition coefficient (Wildman–Crippen LogP) is 3.13. The molecule has 0 aromatic carbocycles. The molecule has 50 valence electrons. The zero-order chi connectivity index (χ0) is 7.11.